The highest BCUT2D eigenvalue weighted by atomic mass is 15.1. The van der Waals surface area contributed by atoms with Crippen molar-refractivity contribution in [1.82, 2.24) is 19.8 Å². The lowest BCUT2D eigenvalue weighted by molar-refractivity contribution is 0.319. The number of hydrogen-bond donors (Lipinski definition) is 1. The average Bonchev–Trinajstić information content (AvgIpc) is 2.77. The molecule has 0 fully saturated rings. The van der Waals surface area contributed by atoms with Crippen molar-refractivity contribution >= 4 is 0 Å². The van der Waals surface area contributed by atoms with Crippen LogP contribution in [0.4, 0.5) is 0 Å². The highest BCUT2D eigenvalue weighted by molar-refractivity contribution is 4.73. The van der Waals surface area contributed by atoms with E-state index in [0.29, 0.717) is 0 Å². The molecule has 0 aliphatic carbocycles. The van der Waals surface area contributed by atoms with Gasteiger partial charge in [0.25, 0.3) is 0 Å². The first-order valence-electron chi connectivity index (χ1n) is 6.18. The molecular formula is C12H24N4. The molecule has 0 radical (unpaired) electrons. The fourth-order valence-corrected chi connectivity index (χ4v) is 1.63. The molecule has 0 atom stereocenters. The Morgan fingerprint density at radius 2 is 2.19 bits per heavy atom. The van der Waals surface area contributed by atoms with Crippen LogP contribution in [-0.4, -0.2) is 47.7 Å². The lowest BCUT2D eigenvalue weighted by atomic mass is 10.4. The van der Waals surface area contributed by atoms with Crippen molar-refractivity contribution in [1.29, 1.82) is 0 Å². The van der Waals surface area contributed by atoms with Crippen molar-refractivity contribution in [2.75, 3.05) is 33.2 Å². The minimum atomic E-state index is 1.06. The Hall–Kier alpha value is -0.870. The van der Waals surface area contributed by atoms with Crippen molar-refractivity contribution in [2.45, 2.75) is 26.3 Å². The van der Waals surface area contributed by atoms with Gasteiger partial charge < -0.3 is 14.8 Å². The number of likely N-dealkylation sites (N-methyl/N-ethyl adjacent to an activating group) is 1. The topological polar surface area (TPSA) is 33.1 Å². The normalized spacial score (nSPS) is 11.2. The summed E-state index contributed by atoms with van der Waals surface area (Å²) in [5.41, 5.74) is 0. The third kappa shape index (κ3) is 5.88. The van der Waals surface area contributed by atoms with E-state index >= 15 is 0 Å². The van der Waals surface area contributed by atoms with Gasteiger partial charge in [0.15, 0.2) is 0 Å². The summed E-state index contributed by atoms with van der Waals surface area (Å²) in [7, 11) is 2.18. The van der Waals surface area contributed by atoms with Gasteiger partial charge in [-0.05, 0) is 33.0 Å². The van der Waals surface area contributed by atoms with E-state index in [1.807, 2.05) is 18.7 Å². The first-order valence-corrected chi connectivity index (χ1v) is 6.18. The largest absolute Gasteiger partial charge is 0.337 e. The maximum atomic E-state index is 4.03. The van der Waals surface area contributed by atoms with Crippen molar-refractivity contribution < 1.29 is 0 Å². The van der Waals surface area contributed by atoms with Gasteiger partial charge in [-0.3, -0.25) is 0 Å². The molecule has 4 nitrogen and oxygen atoms in total. The summed E-state index contributed by atoms with van der Waals surface area (Å²) in [4.78, 5) is 6.40. The molecule has 1 heterocycles. The Morgan fingerprint density at radius 1 is 1.31 bits per heavy atom. The van der Waals surface area contributed by atoms with E-state index in [2.05, 4.69) is 33.7 Å². The van der Waals surface area contributed by atoms with Crippen LogP contribution >= 0.6 is 0 Å². The smallest absolute Gasteiger partial charge is 0.0945 e. The summed E-state index contributed by atoms with van der Waals surface area (Å²) in [6.45, 7) is 7.75. The minimum absolute atomic E-state index is 1.06. The monoisotopic (exact) mass is 224 g/mol. The van der Waals surface area contributed by atoms with Crippen molar-refractivity contribution in [2.24, 2.45) is 0 Å². The molecule has 0 aliphatic heterocycles. The van der Waals surface area contributed by atoms with Crippen LogP contribution in [0.15, 0.2) is 18.7 Å². The minimum Gasteiger partial charge on any atom is -0.337 e. The average molecular weight is 224 g/mol. The first kappa shape index (κ1) is 13.2. The van der Waals surface area contributed by atoms with E-state index in [1.165, 1.54) is 12.8 Å². The van der Waals surface area contributed by atoms with Gasteiger partial charge in [-0.1, -0.05) is 6.92 Å². The maximum absolute atomic E-state index is 4.03. The van der Waals surface area contributed by atoms with Crippen LogP contribution in [0.1, 0.15) is 19.8 Å². The van der Waals surface area contributed by atoms with Crippen LogP contribution in [0.5, 0.6) is 0 Å². The van der Waals surface area contributed by atoms with Crippen molar-refractivity contribution in [3.63, 3.8) is 0 Å². The Balaban J connectivity index is 1.95. The van der Waals surface area contributed by atoms with Crippen LogP contribution in [0.2, 0.25) is 0 Å². The summed E-state index contributed by atoms with van der Waals surface area (Å²) in [5.74, 6) is 0. The maximum Gasteiger partial charge on any atom is 0.0945 e. The molecule has 16 heavy (non-hydrogen) atoms. The number of aryl methyl sites for hydroxylation is 1. The summed E-state index contributed by atoms with van der Waals surface area (Å²) in [6.07, 6.45) is 8.12. The second-order valence-electron chi connectivity index (χ2n) is 4.21. The molecule has 0 saturated carbocycles. The van der Waals surface area contributed by atoms with Gasteiger partial charge in [-0.25, -0.2) is 4.98 Å². The van der Waals surface area contributed by atoms with Gasteiger partial charge in [0.1, 0.15) is 0 Å². The second-order valence-corrected chi connectivity index (χ2v) is 4.21. The Bertz CT molecular complexity index is 246. The molecule has 92 valence electrons. The van der Waals surface area contributed by atoms with Crippen LogP contribution in [0.25, 0.3) is 0 Å². The van der Waals surface area contributed by atoms with Crippen LogP contribution in [0, 0.1) is 0 Å². The third-order valence-corrected chi connectivity index (χ3v) is 2.61. The highest BCUT2D eigenvalue weighted by Gasteiger charge is 1.97. The molecule has 0 aliphatic rings. The van der Waals surface area contributed by atoms with Crippen LogP contribution in [0.3, 0.4) is 0 Å². The fourth-order valence-electron chi connectivity index (χ4n) is 1.63. The van der Waals surface area contributed by atoms with Gasteiger partial charge in [0.2, 0.25) is 0 Å². The van der Waals surface area contributed by atoms with Crippen molar-refractivity contribution in [3.05, 3.63) is 18.7 Å². The van der Waals surface area contributed by atoms with E-state index in [0.717, 1.165) is 32.7 Å². The molecule has 1 aromatic rings. The molecule has 0 bridgehead atoms. The van der Waals surface area contributed by atoms with E-state index in [9.17, 15) is 0 Å². The number of imidazole rings is 1. The molecule has 0 spiro atoms. The van der Waals surface area contributed by atoms with Gasteiger partial charge in [-0.15, -0.1) is 0 Å². The van der Waals surface area contributed by atoms with Crippen LogP contribution < -0.4 is 5.32 Å². The first-order chi connectivity index (χ1) is 7.83. The van der Waals surface area contributed by atoms with E-state index in [-0.39, 0.29) is 0 Å². The summed E-state index contributed by atoms with van der Waals surface area (Å²) in [6, 6.07) is 0. The Kier molecular flexibility index (Phi) is 6.85. The van der Waals surface area contributed by atoms with E-state index < -0.39 is 0 Å². The van der Waals surface area contributed by atoms with Gasteiger partial charge in [0.05, 0.1) is 6.33 Å². The lowest BCUT2D eigenvalue weighted by Gasteiger charge is -2.16. The second kappa shape index (κ2) is 8.30. The zero-order chi connectivity index (χ0) is 11.6. The zero-order valence-corrected chi connectivity index (χ0v) is 10.5. The molecule has 0 unspecified atom stereocenters. The molecular weight excluding hydrogens is 200 g/mol. The van der Waals surface area contributed by atoms with Crippen LogP contribution in [-0.2, 0) is 6.54 Å². The standard InChI is InChI=1S/C12H24N4/c1-3-5-13-6-10-15(2)8-4-9-16-11-7-14-12-16/h7,11-13H,3-6,8-10H2,1-2H3. The van der Waals surface area contributed by atoms with Crippen molar-refractivity contribution in [3.8, 4) is 0 Å². The number of nitrogens with one attached hydrogen (secondary N) is 1. The molecule has 0 aromatic carbocycles. The SMILES string of the molecule is CCCNCCN(C)CCCn1ccnc1. The van der Waals surface area contributed by atoms with E-state index in [1.54, 1.807) is 0 Å². The fraction of sp³-hybridized carbons (Fsp3) is 0.750. The molecule has 0 amide bonds. The summed E-state index contributed by atoms with van der Waals surface area (Å²) < 4.78 is 2.13. The third-order valence-electron chi connectivity index (χ3n) is 2.61. The Labute approximate surface area is 98.7 Å². The zero-order valence-electron chi connectivity index (χ0n) is 10.5. The number of rotatable bonds is 9. The predicted molar refractivity (Wildman–Crippen MR) is 67.5 cm³/mol. The van der Waals surface area contributed by atoms with Gasteiger partial charge in [0, 0.05) is 32.0 Å². The number of aromatic nitrogens is 2. The van der Waals surface area contributed by atoms with Gasteiger partial charge in [-0.2, -0.15) is 0 Å². The summed E-state index contributed by atoms with van der Waals surface area (Å²) in [5, 5.41) is 3.41. The number of hydrogen-bond acceptors (Lipinski definition) is 3. The molecule has 1 rings (SSSR count). The van der Waals surface area contributed by atoms with Gasteiger partial charge >= 0.3 is 0 Å². The van der Waals surface area contributed by atoms with E-state index in [4.69, 9.17) is 0 Å². The predicted octanol–water partition coefficient (Wildman–Crippen LogP) is 1.20. The lowest BCUT2D eigenvalue weighted by Crippen LogP contribution is -2.30. The summed E-state index contributed by atoms with van der Waals surface area (Å²) >= 11 is 0. The number of nitrogens with zero attached hydrogens (tertiary/aromatic N) is 3. The molecule has 1 aromatic heterocycles. The molecule has 4 heteroatoms. The Morgan fingerprint density at radius 3 is 2.88 bits per heavy atom. The molecule has 1 N–H and O–H groups in total. The quantitative estimate of drug-likeness (QED) is 0.640. The molecule has 0 saturated heterocycles. The highest BCUT2D eigenvalue weighted by Crippen LogP contribution is 1.92.